The maximum Gasteiger partial charge on any atom is 0.227 e. The van der Waals surface area contributed by atoms with Crippen LogP contribution in [0.4, 0.5) is 0 Å². The van der Waals surface area contributed by atoms with Crippen LogP contribution in [0.1, 0.15) is 26.7 Å². The fourth-order valence-electron chi connectivity index (χ4n) is 2.16. The van der Waals surface area contributed by atoms with Gasteiger partial charge in [0.25, 0.3) is 0 Å². The molecule has 2 fully saturated rings. The first-order chi connectivity index (χ1) is 7.13. The lowest BCUT2D eigenvalue weighted by atomic mass is 10.1. The van der Waals surface area contributed by atoms with E-state index in [1.54, 1.807) is 0 Å². The van der Waals surface area contributed by atoms with Crippen molar-refractivity contribution in [2.24, 2.45) is 11.7 Å². The SMILES string of the molecule is CCC1COC(C)CN1C(=O)C1CC1N. The van der Waals surface area contributed by atoms with Crippen LogP contribution in [0, 0.1) is 5.92 Å². The van der Waals surface area contributed by atoms with Gasteiger partial charge < -0.3 is 15.4 Å². The van der Waals surface area contributed by atoms with Gasteiger partial charge in [0, 0.05) is 12.6 Å². The molecule has 1 aliphatic carbocycles. The van der Waals surface area contributed by atoms with E-state index in [-0.39, 0.29) is 30.0 Å². The Labute approximate surface area is 90.8 Å². The first-order valence-corrected chi connectivity index (χ1v) is 5.81. The van der Waals surface area contributed by atoms with Crippen molar-refractivity contribution in [3.63, 3.8) is 0 Å². The molecule has 4 nitrogen and oxygen atoms in total. The molecule has 0 bridgehead atoms. The van der Waals surface area contributed by atoms with Gasteiger partial charge in [0.1, 0.15) is 0 Å². The molecule has 0 aromatic carbocycles. The highest BCUT2D eigenvalue weighted by Gasteiger charge is 2.44. The van der Waals surface area contributed by atoms with Crippen LogP contribution in [0.25, 0.3) is 0 Å². The molecule has 2 aliphatic rings. The van der Waals surface area contributed by atoms with E-state index in [4.69, 9.17) is 10.5 Å². The molecule has 15 heavy (non-hydrogen) atoms. The predicted molar refractivity (Wildman–Crippen MR) is 57.3 cm³/mol. The number of rotatable bonds is 2. The number of amides is 1. The maximum absolute atomic E-state index is 12.1. The summed E-state index contributed by atoms with van der Waals surface area (Å²) in [5.74, 6) is 0.328. The Bertz CT molecular complexity index is 257. The number of carbonyl (C=O) groups excluding carboxylic acids is 1. The Morgan fingerprint density at radius 1 is 1.60 bits per heavy atom. The van der Waals surface area contributed by atoms with Gasteiger partial charge in [-0.1, -0.05) is 6.92 Å². The van der Waals surface area contributed by atoms with Gasteiger partial charge in [0.2, 0.25) is 5.91 Å². The second-order valence-electron chi connectivity index (χ2n) is 4.70. The summed E-state index contributed by atoms with van der Waals surface area (Å²) in [6.07, 6.45) is 1.98. The van der Waals surface area contributed by atoms with Crippen molar-refractivity contribution in [3.05, 3.63) is 0 Å². The van der Waals surface area contributed by atoms with E-state index in [9.17, 15) is 4.79 Å². The van der Waals surface area contributed by atoms with E-state index in [1.165, 1.54) is 0 Å². The topological polar surface area (TPSA) is 55.6 Å². The number of morpholine rings is 1. The zero-order valence-corrected chi connectivity index (χ0v) is 9.48. The van der Waals surface area contributed by atoms with Crippen molar-refractivity contribution < 1.29 is 9.53 Å². The molecular formula is C11H20N2O2. The van der Waals surface area contributed by atoms with Gasteiger partial charge in [0.15, 0.2) is 0 Å². The fourth-order valence-corrected chi connectivity index (χ4v) is 2.16. The van der Waals surface area contributed by atoms with E-state index in [0.29, 0.717) is 6.61 Å². The molecule has 1 saturated heterocycles. The normalized spacial score (nSPS) is 40.3. The maximum atomic E-state index is 12.1. The Morgan fingerprint density at radius 3 is 2.80 bits per heavy atom. The van der Waals surface area contributed by atoms with Gasteiger partial charge >= 0.3 is 0 Å². The predicted octanol–water partition coefficient (Wildman–Crippen LogP) is 0.359. The molecule has 1 amide bonds. The van der Waals surface area contributed by atoms with E-state index < -0.39 is 0 Å². The van der Waals surface area contributed by atoms with Crippen molar-refractivity contribution in [2.45, 2.75) is 44.9 Å². The first kappa shape index (κ1) is 10.9. The van der Waals surface area contributed by atoms with Crippen LogP contribution >= 0.6 is 0 Å². The van der Waals surface area contributed by atoms with Gasteiger partial charge in [-0.3, -0.25) is 4.79 Å². The molecule has 4 unspecified atom stereocenters. The molecule has 1 heterocycles. The molecule has 0 radical (unpaired) electrons. The van der Waals surface area contributed by atoms with Gasteiger partial charge in [-0.2, -0.15) is 0 Å². The third kappa shape index (κ3) is 2.16. The molecule has 4 heteroatoms. The third-order valence-electron chi connectivity index (χ3n) is 3.38. The lowest BCUT2D eigenvalue weighted by Gasteiger charge is -2.38. The molecule has 0 aromatic heterocycles. The van der Waals surface area contributed by atoms with E-state index in [1.807, 2.05) is 11.8 Å². The third-order valence-corrected chi connectivity index (χ3v) is 3.38. The van der Waals surface area contributed by atoms with Crippen molar-refractivity contribution in [2.75, 3.05) is 13.2 Å². The summed E-state index contributed by atoms with van der Waals surface area (Å²) in [5.41, 5.74) is 5.72. The summed E-state index contributed by atoms with van der Waals surface area (Å²) in [5, 5.41) is 0. The minimum Gasteiger partial charge on any atom is -0.375 e. The standard InChI is InChI=1S/C11H20N2O2/c1-3-8-6-15-7(2)5-13(8)11(14)9-4-10(9)12/h7-10H,3-6,12H2,1-2H3. The van der Waals surface area contributed by atoms with Crippen molar-refractivity contribution in [3.8, 4) is 0 Å². The highest BCUT2D eigenvalue weighted by Crippen LogP contribution is 2.31. The summed E-state index contributed by atoms with van der Waals surface area (Å²) >= 11 is 0. The van der Waals surface area contributed by atoms with Crippen LogP contribution in [-0.2, 0) is 9.53 Å². The van der Waals surface area contributed by atoms with Gasteiger partial charge in [-0.15, -0.1) is 0 Å². The molecule has 1 saturated carbocycles. The zero-order chi connectivity index (χ0) is 11.0. The summed E-state index contributed by atoms with van der Waals surface area (Å²) in [6.45, 7) is 5.50. The van der Waals surface area contributed by atoms with Crippen molar-refractivity contribution in [1.82, 2.24) is 4.90 Å². The number of hydrogen-bond donors (Lipinski definition) is 1. The van der Waals surface area contributed by atoms with Gasteiger partial charge in [0.05, 0.1) is 24.7 Å². The Kier molecular flexibility index (Phi) is 2.98. The Hall–Kier alpha value is -0.610. The summed E-state index contributed by atoms with van der Waals surface area (Å²) < 4.78 is 5.56. The van der Waals surface area contributed by atoms with Crippen LogP contribution in [0.15, 0.2) is 0 Å². The lowest BCUT2D eigenvalue weighted by Crippen LogP contribution is -2.52. The second kappa shape index (κ2) is 4.10. The summed E-state index contributed by atoms with van der Waals surface area (Å²) in [7, 11) is 0. The van der Waals surface area contributed by atoms with Crippen LogP contribution in [-0.4, -0.2) is 42.1 Å². The molecule has 0 aromatic rings. The summed E-state index contributed by atoms with van der Waals surface area (Å²) in [4.78, 5) is 14.1. The molecule has 2 N–H and O–H groups in total. The van der Waals surface area contributed by atoms with Crippen LogP contribution < -0.4 is 5.73 Å². The molecule has 4 atom stereocenters. The molecule has 0 spiro atoms. The summed E-state index contributed by atoms with van der Waals surface area (Å²) in [6, 6.07) is 0.356. The number of nitrogens with zero attached hydrogens (tertiary/aromatic N) is 1. The quantitative estimate of drug-likeness (QED) is 0.719. The van der Waals surface area contributed by atoms with Crippen molar-refractivity contribution in [1.29, 1.82) is 0 Å². The van der Waals surface area contributed by atoms with Crippen LogP contribution in [0.3, 0.4) is 0 Å². The van der Waals surface area contributed by atoms with E-state index in [0.717, 1.165) is 19.4 Å². The minimum atomic E-state index is 0.0874. The second-order valence-corrected chi connectivity index (χ2v) is 4.70. The Morgan fingerprint density at radius 2 is 2.27 bits per heavy atom. The zero-order valence-electron chi connectivity index (χ0n) is 9.48. The van der Waals surface area contributed by atoms with Gasteiger partial charge in [-0.25, -0.2) is 0 Å². The number of hydrogen-bond acceptors (Lipinski definition) is 3. The van der Waals surface area contributed by atoms with Gasteiger partial charge in [-0.05, 0) is 19.8 Å². The number of ether oxygens (including phenoxy) is 1. The van der Waals surface area contributed by atoms with E-state index >= 15 is 0 Å². The first-order valence-electron chi connectivity index (χ1n) is 5.81. The lowest BCUT2D eigenvalue weighted by molar-refractivity contribution is -0.145. The highest BCUT2D eigenvalue weighted by atomic mass is 16.5. The largest absolute Gasteiger partial charge is 0.375 e. The highest BCUT2D eigenvalue weighted by molar-refractivity contribution is 5.82. The number of carbonyl (C=O) groups is 1. The minimum absolute atomic E-state index is 0.0874. The molecule has 1 aliphatic heterocycles. The monoisotopic (exact) mass is 212 g/mol. The molecule has 86 valence electrons. The van der Waals surface area contributed by atoms with Crippen molar-refractivity contribution >= 4 is 5.91 Å². The average molecular weight is 212 g/mol. The molecule has 2 rings (SSSR count). The average Bonchev–Trinajstić information content (AvgIpc) is 2.94. The van der Waals surface area contributed by atoms with Crippen LogP contribution in [0.2, 0.25) is 0 Å². The number of nitrogens with two attached hydrogens (primary N) is 1. The smallest absolute Gasteiger partial charge is 0.227 e. The fraction of sp³-hybridized carbons (Fsp3) is 0.909. The van der Waals surface area contributed by atoms with E-state index in [2.05, 4.69) is 6.92 Å². The van der Waals surface area contributed by atoms with Crippen LogP contribution in [0.5, 0.6) is 0 Å². The molecular weight excluding hydrogens is 192 g/mol. The Balaban J connectivity index is 2.00.